The minimum Gasteiger partial charge on any atom is -0.480 e. The van der Waals surface area contributed by atoms with Crippen molar-refractivity contribution < 1.29 is 18.3 Å². The van der Waals surface area contributed by atoms with Crippen LogP contribution < -0.4 is 4.72 Å². The molecule has 0 spiro atoms. The van der Waals surface area contributed by atoms with Gasteiger partial charge in [-0.25, -0.2) is 17.8 Å². The van der Waals surface area contributed by atoms with Crippen molar-refractivity contribution >= 4 is 27.8 Å². The number of hydrogen-bond acceptors (Lipinski definition) is 7. The first-order chi connectivity index (χ1) is 9.94. The second-order valence-corrected chi connectivity index (χ2v) is 6.63. The van der Waals surface area contributed by atoms with E-state index >= 15 is 0 Å². The molecule has 2 aromatic rings. The van der Waals surface area contributed by atoms with Gasteiger partial charge < -0.3 is 5.11 Å². The fourth-order valence-corrected chi connectivity index (χ4v) is 3.52. The highest BCUT2D eigenvalue weighted by molar-refractivity contribution is 8.00. The largest absolute Gasteiger partial charge is 0.480 e. The first-order valence-corrected chi connectivity index (χ1v) is 7.92. The fourth-order valence-electron chi connectivity index (χ4n) is 1.46. The van der Waals surface area contributed by atoms with Gasteiger partial charge in [-0.3, -0.25) is 4.79 Å². The van der Waals surface area contributed by atoms with Gasteiger partial charge in [0.1, 0.15) is 6.54 Å². The van der Waals surface area contributed by atoms with Gasteiger partial charge in [0.25, 0.3) is 0 Å². The van der Waals surface area contributed by atoms with E-state index in [0.717, 1.165) is 16.4 Å². The first-order valence-electron chi connectivity index (χ1n) is 5.62. The molecular formula is C10H11N5O4S2. The van der Waals surface area contributed by atoms with Gasteiger partial charge in [-0.15, -0.1) is 5.10 Å². The second-order valence-electron chi connectivity index (χ2n) is 3.77. The van der Waals surface area contributed by atoms with E-state index in [0.29, 0.717) is 4.90 Å². The van der Waals surface area contributed by atoms with Crippen LogP contribution in [-0.2, 0) is 21.4 Å². The van der Waals surface area contributed by atoms with Crippen LogP contribution in [0.15, 0.2) is 39.2 Å². The van der Waals surface area contributed by atoms with Gasteiger partial charge >= 0.3 is 5.97 Å². The lowest BCUT2D eigenvalue weighted by molar-refractivity contribution is -0.138. The average Bonchev–Trinajstić information content (AvgIpc) is 2.86. The molecule has 1 aromatic heterocycles. The number of nitrogens with one attached hydrogen (secondary N) is 1. The van der Waals surface area contributed by atoms with E-state index in [9.17, 15) is 13.2 Å². The van der Waals surface area contributed by atoms with E-state index in [-0.39, 0.29) is 10.1 Å². The zero-order valence-electron chi connectivity index (χ0n) is 10.8. The molecule has 0 unspecified atom stereocenters. The van der Waals surface area contributed by atoms with Gasteiger partial charge in [0, 0.05) is 4.90 Å². The predicted molar refractivity (Wildman–Crippen MR) is 72.3 cm³/mol. The maximum atomic E-state index is 11.9. The lowest BCUT2D eigenvalue weighted by atomic mass is 10.4. The van der Waals surface area contributed by atoms with Crippen LogP contribution >= 0.6 is 11.8 Å². The van der Waals surface area contributed by atoms with E-state index in [4.69, 9.17) is 5.11 Å². The first kappa shape index (κ1) is 15.4. The number of carbonyl (C=O) groups is 1. The predicted octanol–water partition coefficient (Wildman–Crippen LogP) is -0.183. The SMILES string of the molecule is CNS(=O)(=O)c1ccccc1Sc1nnnn1CC(=O)O. The van der Waals surface area contributed by atoms with Crippen LogP contribution in [0.1, 0.15) is 0 Å². The number of hydrogen-bond donors (Lipinski definition) is 2. The van der Waals surface area contributed by atoms with E-state index in [1.165, 1.54) is 13.1 Å². The third-order valence-electron chi connectivity index (χ3n) is 2.39. The van der Waals surface area contributed by atoms with Gasteiger partial charge in [-0.2, -0.15) is 0 Å². The molecule has 0 fully saturated rings. The summed E-state index contributed by atoms with van der Waals surface area (Å²) in [5, 5.41) is 19.6. The summed E-state index contributed by atoms with van der Waals surface area (Å²) in [5.74, 6) is -1.10. The van der Waals surface area contributed by atoms with Crippen molar-refractivity contribution in [2.75, 3.05) is 7.05 Å². The van der Waals surface area contributed by atoms with Crippen LogP contribution in [0, 0.1) is 0 Å². The monoisotopic (exact) mass is 329 g/mol. The van der Waals surface area contributed by atoms with E-state index in [2.05, 4.69) is 20.2 Å². The standard InChI is InChI=1S/C10H11N5O4S2/c1-11-21(18,19)8-5-3-2-4-7(8)20-10-12-13-14-15(10)6-9(16)17/h2-5,11H,6H2,1H3,(H,16,17). The molecule has 0 saturated heterocycles. The van der Waals surface area contributed by atoms with Crippen LogP contribution in [0.5, 0.6) is 0 Å². The van der Waals surface area contributed by atoms with Gasteiger partial charge in [-0.1, -0.05) is 12.1 Å². The molecule has 1 aromatic carbocycles. The Morgan fingerprint density at radius 1 is 1.43 bits per heavy atom. The third kappa shape index (κ3) is 3.56. The molecule has 0 aliphatic rings. The van der Waals surface area contributed by atoms with Crippen LogP contribution in [0.25, 0.3) is 0 Å². The molecule has 2 N–H and O–H groups in total. The minimum atomic E-state index is -3.63. The number of rotatable bonds is 6. The van der Waals surface area contributed by atoms with Crippen LogP contribution in [0.4, 0.5) is 0 Å². The Bertz CT molecular complexity index is 758. The number of sulfonamides is 1. The molecule has 0 amide bonds. The number of aromatic nitrogens is 4. The van der Waals surface area contributed by atoms with Gasteiger partial charge in [0.2, 0.25) is 15.2 Å². The Labute approximate surface area is 124 Å². The molecule has 11 heteroatoms. The quantitative estimate of drug-likeness (QED) is 0.747. The third-order valence-corrected chi connectivity index (χ3v) is 5.05. The zero-order chi connectivity index (χ0) is 15.5. The maximum absolute atomic E-state index is 11.9. The van der Waals surface area contributed by atoms with Gasteiger partial charge in [0.15, 0.2) is 0 Å². The Morgan fingerprint density at radius 3 is 2.81 bits per heavy atom. The highest BCUT2D eigenvalue weighted by Gasteiger charge is 2.19. The summed E-state index contributed by atoms with van der Waals surface area (Å²) in [5.41, 5.74) is 0. The molecule has 0 aliphatic heterocycles. The number of aliphatic carboxylic acids is 1. The summed E-state index contributed by atoms with van der Waals surface area (Å²) >= 11 is 0.976. The normalized spacial score (nSPS) is 11.5. The highest BCUT2D eigenvalue weighted by Crippen LogP contribution is 2.30. The number of tetrazole rings is 1. The van der Waals surface area contributed by atoms with Crippen molar-refractivity contribution in [3.63, 3.8) is 0 Å². The van der Waals surface area contributed by atoms with E-state index in [1.54, 1.807) is 18.2 Å². The van der Waals surface area contributed by atoms with E-state index < -0.39 is 22.5 Å². The number of benzene rings is 1. The summed E-state index contributed by atoms with van der Waals surface area (Å²) in [6, 6.07) is 6.30. The molecule has 1 heterocycles. The summed E-state index contributed by atoms with van der Waals surface area (Å²) in [6.45, 7) is -0.406. The Morgan fingerprint density at radius 2 is 2.14 bits per heavy atom. The van der Waals surface area contributed by atoms with Crippen molar-refractivity contribution in [1.82, 2.24) is 24.9 Å². The molecular weight excluding hydrogens is 318 g/mol. The van der Waals surface area contributed by atoms with Crippen molar-refractivity contribution in [2.24, 2.45) is 0 Å². The summed E-state index contributed by atoms with van der Waals surface area (Å²) in [7, 11) is -2.32. The number of carboxylic acids is 1. The lowest BCUT2D eigenvalue weighted by Crippen LogP contribution is -2.19. The Hall–Kier alpha value is -1.98. The number of nitrogens with zero attached hydrogens (tertiary/aromatic N) is 4. The fraction of sp³-hybridized carbons (Fsp3) is 0.200. The van der Waals surface area contributed by atoms with Crippen LogP contribution in [0.3, 0.4) is 0 Å². The Kier molecular flexibility index (Phi) is 4.55. The van der Waals surface area contributed by atoms with Crippen LogP contribution in [0.2, 0.25) is 0 Å². The molecule has 112 valence electrons. The summed E-state index contributed by atoms with van der Waals surface area (Å²) in [6.07, 6.45) is 0. The second kappa shape index (κ2) is 6.20. The smallest absolute Gasteiger partial charge is 0.325 e. The molecule has 0 atom stereocenters. The van der Waals surface area contributed by atoms with Crippen LogP contribution in [-0.4, -0.2) is 46.7 Å². The summed E-state index contributed by atoms with van der Waals surface area (Å²) in [4.78, 5) is 11.2. The van der Waals surface area contributed by atoms with Gasteiger partial charge in [-0.05, 0) is 41.4 Å². The molecule has 0 aliphatic carbocycles. The van der Waals surface area contributed by atoms with Crippen molar-refractivity contribution in [2.45, 2.75) is 21.5 Å². The molecule has 0 radical (unpaired) electrons. The van der Waals surface area contributed by atoms with Gasteiger partial charge in [0.05, 0.1) is 4.90 Å². The molecule has 9 nitrogen and oxygen atoms in total. The highest BCUT2D eigenvalue weighted by atomic mass is 32.2. The maximum Gasteiger partial charge on any atom is 0.325 e. The number of carboxylic acid groups (broad SMARTS) is 1. The van der Waals surface area contributed by atoms with E-state index in [1.807, 2.05) is 0 Å². The topological polar surface area (TPSA) is 127 Å². The molecule has 0 bridgehead atoms. The van der Waals surface area contributed by atoms with Crippen molar-refractivity contribution in [3.05, 3.63) is 24.3 Å². The minimum absolute atomic E-state index is 0.0716. The molecule has 2 rings (SSSR count). The summed E-state index contributed by atoms with van der Waals surface area (Å²) < 4.78 is 27.2. The Balaban J connectivity index is 2.37. The molecule has 0 saturated carbocycles. The molecule has 21 heavy (non-hydrogen) atoms. The lowest BCUT2D eigenvalue weighted by Gasteiger charge is -2.08. The zero-order valence-corrected chi connectivity index (χ0v) is 12.4. The van der Waals surface area contributed by atoms with Crippen molar-refractivity contribution in [3.8, 4) is 0 Å². The van der Waals surface area contributed by atoms with Crippen molar-refractivity contribution in [1.29, 1.82) is 0 Å². The average molecular weight is 329 g/mol.